The fourth-order valence-corrected chi connectivity index (χ4v) is 2.79. The van der Waals surface area contributed by atoms with Crippen molar-refractivity contribution < 1.29 is 8.42 Å². The Bertz CT molecular complexity index is 520. The number of aromatic nitrogens is 1. The lowest BCUT2D eigenvalue weighted by molar-refractivity contribution is 0.435. The number of hydrazine groups is 1. The maximum Gasteiger partial charge on any atom is 0.244 e. The Balaban J connectivity index is 2.99. The molecule has 7 nitrogen and oxygen atoms in total. The van der Waals surface area contributed by atoms with Crippen molar-refractivity contribution in [2.24, 2.45) is 5.84 Å². The highest BCUT2D eigenvalue weighted by atomic mass is 32.2. The summed E-state index contributed by atoms with van der Waals surface area (Å²) in [6.45, 7) is 2.20. The Morgan fingerprint density at radius 2 is 2.28 bits per heavy atom. The summed E-state index contributed by atoms with van der Waals surface area (Å²) in [6.07, 6.45) is 1.39. The summed E-state index contributed by atoms with van der Waals surface area (Å²) in [5.41, 5.74) is 2.32. The molecule has 1 heterocycles. The van der Waals surface area contributed by atoms with Gasteiger partial charge < -0.3 is 5.43 Å². The number of nitriles is 1. The minimum Gasteiger partial charge on any atom is -0.308 e. The molecule has 0 aliphatic carbocycles. The SMILES string of the molecule is CCN(CCC#N)S(=O)(=O)c1ccc(NN)nc1. The molecule has 0 aromatic carbocycles. The van der Waals surface area contributed by atoms with Gasteiger partial charge in [-0.3, -0.25) is 0 Å². The largest absolute Gasteiger partial charge is 0.308 e. The average Bonchev–Trinajstić information content (AvgIpc) is 2.39. The number of sulfonamides is 1. The van der Waals surface area contributed by atoms with E-state index in [9.17, 15) is 8.42 Å². The Kier molecular flexibility index (Phi) is 5.03. The second kappa shape index (κ2) is 6.30. The molecule has 1 aromatic rings. The van der Waals surface area contributed by atoms with Crippen molar-refractivity contribution >= 4 is 15.8 Å². The molecule has 0 radical (unpaired) electrons. The summed E-state index contributed by atoms with van der Waals surface area (Å²) in [6, 6.07) is 4.83. The van der Waals surface area contributed by atoms with Crippen molar-refractivity contribution in [3.05, 3.63) is 18.3 Å². The Morgan fingerprint density at radius 1 is 1.56 bits per heavy atom. The van der Waals surface area contributed by atoms with E-state index in [1.54, 1.807) is 6.92 Å². The van der Waals surface area contributed by atoms with E-state index < -0.39 is 10.0 Å². The van der Waals surface area contributed by atoms with Gasteiger partial charge in [0.1, 0.15) is 10.7 Å². The topological polar surface area (TPSA) is 112 Å². The van der Waals surface area contributed by atoms with Gasteiger partial charge in [0.15, 0.2) is 0 Å². The molecule has 0 atom stereocenters. The second-order valence-corrected chi connectivity index (χ2v) is 5.37. The molecule has 0 fully saturated rings. The van der Waals surface area contributed by atoms with Crippen LogP contribution in [0, 0.1) is 11.3 Å². The Labute approximate surface area is 106 Å². The predicted octanol–water partition coefficient (Wildman–Crippen LogP) is 0.291. The summed E-state index contributed by atoms with van der Waals surface area (Å²) in [4.78, 5) is 3.94. The third kappa shape index (κ3) is 3.16. The first-order valence-corrected chi connectivity index (χ1v) is 6.80. The van der Waals surface area contributed by atoms with E-state index in [0.29, 0.717) is 12.4 Å². The van der Waals surface area contributed by atoms with Crippen LogP contribution in [-0.4, -0.2) is 30.8 Å². The molecular formula is C10H15N5O2S. The molecule has 0 unspecified atom stereocenters. The lowest BCUT2D eigenvalue weighted by Crippen LogP contribution is -2.31. The molecule has 8 heteroatoms. The van der Waals surface area contributed by atoms with E-state index in [2.05, 4.69) is 10.4 Å². The van der Waals surface area contributed by atoms with Crippen LogP contribution in [0.15, 0.2) is 23.2 Å². The van der Waals surface area contributed by atoms with E-state index in [1.165, 1.54) is 22.6 Å². The number of rotatable bonds is 6. The van der Waals surface area contributed by atoms with Gasteiger partial charge >= 0.3 is 0 Å². The molecule has 3 N–H and O–H groups in total. The highest BCUT2D eigenvalue weighted by Gasteiger charge is 2.22. The minimum absolute atomic E-state index is 0.0845. The molecule has 18 heavy (non-hydrogen) atoms. The normalized spacial score (nSPS) is 11.2. The maximum absolute atomic E-state index is 12.2. The third-order valence-electron chi connectivity index (χ3n) is 2.35. The smallest absolute Gasteiger partial charge is 0.244 e. The summed E-state index contributed by atoms with van der Waals surface area (Å²) in [7, 11) is -3.60. The van der Waals surface area contributed by atoms with Crippen molar-refractivity contribution in [3.8, 4) is 6.07 Å². The van der Waals surface area contributed by atoms with Gasteiger partial charge in [-0.05, 0) is 12.1 Å². The van der Waals surface area contributed by atoms with Crippen LogP contribution in [0.5, 0.6) is 0 Å². The number of hydrogen-bond donors (Lipinski definition) is 2. The van der Waals surface area contributed by atoms with Crippen LogP contribution in [-0.2, 0) is 10.0 Å². The fourth-order valence-electron chi connectivity index (χ4n) is 1.39. The molecule has 0 spiro atoms. The van der Waals surface area contributed by atoms with E-state index in [0.717, 1.165) is 0 Å². The minimum atomic E-state index is -3.60. The van der Waals surface area contributed by atoms with Gasteiger partial charge in [-0.25, -0.2) is 19.2 Å². The van der Waals surface area contributed by atoms with E-state index in [1.807, 2.05) is 6.07 Å². The Hall–Kier alpha value is -1.69. The molecule has 0 aliphatic rings. The van der Waals surface area contributed by atoms with Gasteiger partial charge in [-0.1, -0.05) is 6.92 Å². The number of hydrogen-bond acceptors (Lipinski definition) is 6. The summed E-state index contributed by atoms with van der Waals surface area (Å²) >= 11 is 0. The number of pyridine rings is 1. The number of nitrogen functional groups attached to an aromatic ring is 1. The number of nitrogens with zero attached hydrogens (tertiary/aromatic N) is 3. The fraction of sp³-hybridized carbons (Fsp3) is 0.400. The van der Waals surface area contributed by atoms with Crippen molar-refractivity contribution in [2.45, 2.75) is 18.2 Å². The quantitative estimate of drug-likeness (QED) is 0.567. The zero-order chi connectivity index (χ0) is 13.6. The van der Waals surface area contributed by atoms with Crippen LogP contribution < -0.4 is 11.3 Å². The summed E-state index contributed by atoms with van der Waals surface area (Å²) in [5, 5.41) is 8.51. The van der Waals surface area contributed by atoms with Gasteiger partial charge in [0, 0.05) is 25.7 Å². The van der Waals surface area contributed by atoms with Gasteiger partial charge in [-0.2, -0.15) is 9.57 Å². The summed E-state index contributed by atoms with van der Waals surface area (Å²) in [5.74, 6) is 5.54. The van der Waals surface area contributed by atoms with Crippen LogP contribution >= 0.6 is 0 Å². The monoisotopic (exact) mass is 269 g/mol. The molecule has 0 bridgehead atoms. The van der Waals surface area contributed by atoms with Crippen molar-refractivity contribution in [1.29, 1.82) is 5.26 Å². The molecule has 0 amide bonds. The standard InChI is InChI=1S/C10H15N5O2S/c1-2-15(7-3-6-11)18(16,17)9-4-5-10(14-12)13-8-9/h4-5,8H,2-3,7,12H2,1H3,(H,13,14). The predicted molar refractivity (Wildman–Crippen MR) is 66.7 cm³/mol. The number of nitrogens with two attached hydrogens (primary N) is 1. The lowest BCUT2D eigenvalue weighted by atomic mass is 10.5. The lowest BCUT2D eigenvalue weighted by Gasteiger charge is -2.18. The maximum atomic E-state index is 12.2. The molecule has 1 rings (SSSR count). The highest BCUT2D eigenvalue weighted by Crippen LogP contribution is 2.16. The second-order valence-electron chi connectivity index (χ2n) is 3.43. The van der Waals surface area contributed by atoms with E-state index >= 15 is 0 Å². The molecule has 0 saturated carbocycles. The first-order valence-electron chi connectivity index (χ1n) is 5.36. The zero-order valence-electron chi connectivity index (χ0n) is 10.00. The summed E-state index contributed by atoms with van der Waals surface area (Å²) < 4.78 is 25.6. The third-order valence-corrected chi connectivity index (χ3v) is 4.31. The number of anilines is 1. The molecule has 98 valence electrons. The van der Waals surface area contributed by atoms with Crippen LogP contribution in [0.1, 0.15) is 13.3 Å². The van der Waals surface area contributed by atoms with Gasteiger partial charge in [-0.15, -0.1) is 0 Å². The highest BCUT2D eigenvalue weighted by molar-refractivity contribution is 7.89. The first-order chi connectivity index (χ1) is 8.56. The average molecular weight is 269 g/mol. The Morgan fingerprint density at radius 3 is 2.72 bits per heavy atom. The molecule has 1 aromatic heterocycles. The van der Waals surface area contributed by atoms with Crippen molar-refractivity contribution in [2.75, 3.05) is 18.5 Å². The van der Waals surface area contributed by atoms with Crippen LogP contribution in [0.4, 0.5) is 5.82 Å². The van der Waals surface area contributed by atoms with E-state index in [4.69, 9.17) is 11.1 Å². The molecular weight excluding hydrogens is 254 g/mol. The van der Waals surface area contributed by atoms with Crippen molar-refractivity contribution in [3.63, 3.8) is 0 Å². The first kappa shape index (κ1) is 14.4. The van der Waals surface area contributed by atoms with Crippen LogP contribution in [0.2, 0.25) is 0 Å². The van der Waals surface area contributed by atoms with Crippen LogP contribution in [0.25, 0.3) is 0 Å². The molecule has 0 aliphatic heterocycles. The van der Waals surface area contributed by atoms with Gasteiger partial charge in [0.25, 0.3) is 0 Å². The van der Waals surface area contributed by atoms with Crippen LogP contribution in [0.3, 0.4) is 0 Å². The van der Waals surface area contributed by atoms with E-state index in [-0.39, 0.29) is 17.9 Å². The van der Waals surface area contributed by atoms with Crippen molar-refractivity contribution in [1.82, 2.24) is 9.29 Å². The zero-order valence-corrected chi connectivity index (χ0v) is 10.8. The molecule has 0 saturated heterocycles. The van der Waals surface area contributed by atoms with Gasteiger partial charge in [0.05, 0.1) is 6.07 Å². The van der Waals surface area contributed by atoms with Gasteiger partial charge in [0.2, 0.25) is 10.0 Å². The number of nitrogens with one attached hydrogen (secondary N) is 1.